The standard InChI is InChI=1S/C12H16N2O2/c1-4-5-10(3)13-11-7-6-9(2)8-12(11)14(15)16/h4,6-8,10,13H,1,5H2,2-3H3. The third kappa shape index (κ3) is 3.08. The summed E-state index contributed by atoms with van der Waals surface area (Å²) in [5.41, 5.74) is 1.56. The minimum absolute atomic E-state index is 0.121. The second kappa shape index (κ2) is 5.30. The van der Waals surface area contributed by atoms with E-state index >= 15 is 0 Å². The molecule has 0 aromatic heterocycles. The molecule has 0 bridgehead atoms. The van der Waals surface area contributed by atoms with Gasteiger partial charge in [-0.05, 0) is 31.9 Å². The van der Waals surface area contributed by atoms with Crippen LogP contribution in [0, 0.1) is 17.0 Å². The number of rotatable bonds is 5. The van der Waals surface area contributed by atoms with E-state index in [2.05, 4.69) is 11.9 Å². The average molecular weight is 220 g/mol. The van der Waals surface area contributed by atoms with Crippen LogP contribution in [0.2, 0.25) is 0 Å². The van der Waals surface area contributed by atoms with Crippen molar-refractivity contribution in [3.8, 4) is 0 Å². The van der Waals surface area contributed by atoms with Gasteiger partial charge in [0, 0.05) is 12.1 Å². The van der Waals surface area contributed by atoms with Crippen LogP contribution in [0.25, 0.3) is 0 Å². The number of hydrogen-bond acceptors (Lipinski definition) is 3. The number of nitro benzene ring substituents is 1. The highest BCUT2D eigenvalue weighted by Crippen LogP contribution is 2.26. The lowest BCUT2D eigenvalue weighted by Crippen LogP contribution is -2.14. The Morgan fingerprint density at radius 3 is 2.88 bits per heavy atom. The van der Waals surface area contributed by atoms with Crippen LogP contribution in [0.15, 0.2) is 30.9 Å². The molecule has 1 aromatic rings. The van der Waals surface area contributed by atoms with Gasteiger partial charge in [-0.2, -0.15) is 0 Å². The summed E-state index contributed by atoms with van der Waals surface area (Å²) < 4.78 is 0. The largest absolute Gasteiger partial charge is 0.377 e. The van der Waals surface area contributed by atoms with Crippen LogP contribution in [0.3, 0.4) is 0 Å². The van der Waals surface area contributed by atoms with Gasteiger partial charge in [0.2, 0.25) is 0 Å². The van der Waals surface area contributed by atoms with Crippen LogP contribution in [0.5, 0.6) is 0 Å². The highest BCUT2D eigenvalue weighted by Gasteiger charge is 2.14. The second-order valence-electron chi connectivity index (χ2n) is 3.85. The summed E-state index contributed by atoms with van der Waals surface area (Å²) in [7, 11) is 0. The normalized spacial score (nSPS) is 11.9. The maximum atomic E-state index is 10.9. The van der Waals surface area contributed by atoms with E-state index in [0.717, 1.165) is 12.0 Å². The number of nitro groups is 1. The molecule has 0 spiro atoms. The molecule has 0 fully saturated rings. The molecule has 0 aliphatic rings. The lowest BCUT2D eigenvalue weighted by atomic mass is 10.1. The zero-order valence-electron chi connectivity index (χ0n) is 9.56. The van der Waals surface area contributed by atoms with Gasteiger partial charge in [-0.15, -0.1) is 6.58 Å². The fourth-order valence-electron chi connectivity index (χ4n) is 1.49. The first-order valence-electron chi connectivity index (χ1n) is 5.17. The van der Waals surface area contributed by atoms with Crippen molar-refractivity contribution >= 4 is 11.4 Å². The molecule has 1 atom stereocenters. The number of anilines is 1. The second-order valence-corrected chi connectivity index (χ2v) is 3.85. The van der Waals surface area contributed by atoms with E-state index in [-0.39, 0.29) is 16.7 Å². The van der Waals surface area contributed by atoms with E-state index < -0.39 is 0 Å². The molecule has 1 N–H and O–H groups in total. The molecular formula is C12H16N2O2. The van der Waals surface area contributed by atoms with E-state index in [1.54, 1.807) is 18.2 Å². The van der Waals surface area contributed by atoms with Gasteiger partial charge in [0.25, 0.3) is 5.69 Å². The van der Waals surface area contributed by atoms with Crippen molar-refractivity contribution in [1.29, 1.82) is 0 Å². The van der Waals surface area contributed by atoms with Crippen LogP contribution in [0.4, 0.5) is 11.4 Å². The van der Waals surface area contributed by atoms with Crippen molar-refractivity contribution in [3.63, 3.8) is 0 Å². The lowest BCUT2D eigenvalue weighted by Gasteiger charge is -2.13. The van der Waals surface area contributed by atoms with E-state index in [0.29, 0.717) is 5.69 Å². The molecule has 1 aromatic carbocycles. The summed E-state index contributed by atoms with van der Waals surface area (Å²) in [5.74, 6) is 0. The van der Waals surface area contributed by atoms with Crippen molar-refractivity contribution in [2.45, 2.75) is 26.3 Å². The minimum atomic E-state index is -0.365. The van der Waals surface area contributed by atoms with Crippen LogP contribution in [-0.4, -0.2) is 11.0 Å². The molecule has 0 saturated carbocycles. The van der Waals surface area contributed by atoms with Crippen LogP contribution in [-0.2, 0) is 0 Å². The van der Waals surface area contributed by atoms with Crippen LogP contribution < -0.4 is 5.32 Å². The molecule has 0 heterocycles. The first kappa shape index (κ1) is 12.2. The highest BCUT2D eigenvalue weighted by molar-refractivity contribution is 5.62. The maximum absolute atomic E-state index is 10.9. The summed E-state index contributed by atoms with van der Waals surface area (Å²) in [6.45, 7) is 7.44. The Balaban J connectivity index is 2.94. The Bertz CT molecular complexity index is 402. The van der Waals surface area contributed by atoms with Crippen molar-refractivity contribution in [2.24, 2.45) is 0 Å². The Kier molecular flexibility index (Phi) is 4.05. The van der Waals surface area contributed by atoms with Crippen molar-refractivity contribution < 1.29 is 4.92 Å². The van der Waals surface area contributed by atoms with E-state index in [4.69, 9.17) is 0 Å². The van der Waals surface area contributed by atoms with Gasteiger partial charge in [0.1, 0.15) is 5.69 Å². The SMILES string of the molecule is C=CCC(C)Nc1ccc(C)cc1[N+](=O)[O-]. The third-order valence-corrected chi connectivity index (χ3v) is 2.27. The molecular weight excluding hydrogens is 204 g/mol. The van der Waals surface area contributed by atoms with Crippen molar-refractivity contribution in [3.05, 3.63) is 46.5 Å². The molecule has 16 heavy (non-hydrogen) atoms. The van der Waals surface area contributed by atoms with Gasteiger partial charge in [0.15, 0.2) is 0 Å². The number of nitrogens with zero attached hydrogens (tertiary/aromatic N) is 1. The van der Waals surface area contributed by atoms with Gasteiger partial charge in [-0.3, -0.25) is 10.1 Å². The predicted molar refractivity (Wildman–Crippen MR) is 65.7 cm³/mol. The van der Waals surface area contributed by atoms with Gasteiger partial charge in [-0.1, -0.05) is 12.1 Å². The predicted octanol–water partition coefficient (Wildman–Crippen LogP) is 3.28. The average Bonchev–Trinajstić information content (AvgIpc) is 2.20. The maximum Gasteiger partial charge on any atom is 0.292 e. The number of benzene rings is 1. The monoisotopic (exact) mass is 220 g/mol. The van der Waals surface area contributed by atoms with Crippen molar-refractivity contribution in [2.75, 3.05) is 5.32 Å². The molecule has 0 aliphatic heterocycles. The molecule has 4 heteroatoms. The van der Waals surface area contributed by atoms with E-state index in [1.807, 2.05) is 19.9 Å². The fourth-order valence-corrected chi connectivity index (χ4v) is 1.49. The highest BCUT2D eigenvalue weighted by atomic mass is 16.6. The number of nitrogens with one attached hydrogen (secondary N) is 1. The zero-order valence-corrected chi connectivity index (χ0v) is 9.56. The van der Waals surface area contributed by atoms with Gasteiger partial charge in [-0.25, -0.2) is 0 Å². The molecule has 1 unspecified atom stereocenters. The summed E-state index contributed by atoms with van der Waals surface area (Å²) in [4.78, 5) is 10.5. The Morgan fingerprint density at radius 1 is 1.62 bits per heavy atom. The van der Waals surface area contributed by atoms with Gasteiger partial charge in [0.05, 0.1) is 4.92 Å². The number of aryl methyl sites for hydroxylation is 1. The first-order valence-corrected chi connectivity index (χ1v) is 5.17. The third-order valence-electron chi connectivity index (χ3n) is 2.27. The first-order chi connectivity index (χ1) is 7.54. The van der Waals surface area contributed by atoms with Gasteiger partial charge >= 0.3 is 0 Å². The fraction of sp³-hybridized carbons (Fsp3) is 0.333. The molecule has 4 nitrogen and oxygen atoms in total. The van der Waals surface area contributed by atoms with Crippen LogP contribution in [0.1, 0.15) is 18.9 Å². The quantitative estimate of drug-likeness (QED) is 0.470. The summed E-state index contributed by atoms with van der Waals surface area (Å²) in [5, 5.41) is 14.0. The molecule has 0 aliphatic carbocycles. The van der Waals surface area contributed by atoms with Crippen molar-refractivity contribution in [1.82, 2.24) is 0 Å². The van der Waals surface area contributed by atoms with E-state index in [9.17, 15) is 10.1 Å². The van der Waals surface area contributed by atoms with Crippen LogP contribution >= 0.6 is 0 Å². The molecule has 0 amide bonds. The molecule has 0 saturated heterocycles. The summed E-state index contributed by atoms with van der Waals surface area (Å²) in [6.07, 6.45) is 2.56. The topological polar surface area (TPSA) is 55.2 Å². The van der Waals surface area contributed by atoms with Gasteiger partial charge < -0.3 is 5.32 Å². The Labute approximate surface area is 95.1 Å². The summed E-state index contributed by atoms with van der Waals surface area (Å²) >= 11 is 0. The smallest absolute Gasteiger partial charge is 0.292 e. The zero-order chi connectivity index (χ0) is 12.1. The Hall–Kier alpha value is -1.84. The Morgan fingerprint density at radius 2 is 2.31 bits per heavy atom. The molecule has 86 valence electrons. The summed E-state index contributed by atoms with van der Waals surface area (Å²) in [6, 6.07) is 5.31. The van der Waals surface area contributed by atoms with E-state index in [1.165, 1.54) is 0 Å². The lowest BCUT2D eigenvalue weighted by molar-refractivity contribution is -0.384. The molecule has 1 rings (SSSR count). The minimum Gasteiger partial charge on any atom is -0.377 e. The molecule has 0 radical (unpaired) electrons. The number of hydrogen-bond donors (Lipinski definition) is 1.